The number of thioether (sulfide) groups is 1. The van der Waals surface area contributed by atoms with Crippen molar-refractivity contribution in [3.63, 3.8) is 0 Å². The van der Waals surface area contributed by atoms with Crippen LogP contribution in [0, 0.1) is 6.92 Å². The minimum absolute atomic E-state index is 0.0564. The highest BCUT2D eigenvalue weighted by Crippen LogP contribution is 2.19. The second-order valence-electron chi connectivity index (χ2n) is 6.27. The van der Waals surface area contributed by atoms with Gasteiger partial charge in [0, 0.05) is 12.4 Å². The van der Waals surface area contributed by atoms with E-state index in [0.717, 1.165) is 11.8 Å². The Morgan fingerprint density at radius 2 is 2.13 bits per heavy atom. The summed E-state index contributed by atoms with van der Waals surface area (Å²) >= 11 is 1.09. The number of hydrogen-bond acceptors (Lipinski definition) is 10. The molecule has 160 valence electrons. The number of ether oxygens (including phenoxy) is 2. The number of esters is 2. The summed E-state index contributed by atoms with van der Waals surface area (Å²) in [5.41, 5.74) is 1.05. The second-order valence-corrected chi connectivity index (χ2v) is 7.21. The summed E-state index contributed by atoms with van der Waals surface area (Å²) in [6.07, 6.45) is 2.89. The lowest BCUT2D eigenvalue weighted by molar-refractivity contribution is -0.139. The minimum Gasteiger partial charge on any atom is -0.465 e. The molecule has 0 aliphatic rings. The van der Waals surface area contributed by atoms with E-state index >= 15 is 0 Å². The first-order valence-electron chi connectivity index (χ1n) is 9.13. The molecule has 31 heavy (non-hydrogen) atoms. The SMILES string of the molecule is CCOC(=O)CSc1n[nH]c(-n2ccc3c(cnc4c(C(=O)OC)c(C)nn43)c2=O)n1. The van der Waals surface area contributed by atoms with Crippen LogP contribution in [0.2, 0.25) is 0 Å². The fraction of sp³-hybridized carbons (Fsp3) is 0.278. The van der Waals surface area contributed by atoms with E-state index in [9.17, 15) is 14.4 Å². The van der Waals surface area contributed by atoms with Crippen molar-refractivity contribution in [2.75, 3.05) is 19.5 Å². The van der Waals surface area contributed by atoms with Gasteiger partial charge in [-0.15, -0.1) is 5.10 Å². The van der Waals surface area contributed by atoms with Gasteiger partial charge in [-0.2, -0.15) is 10.1 Å². The van der Waals surface area contributed by atoms with Gasteiger partial charge in [-0.05, 0) is 19.9 Å². The van der Waals surface area contributed by atoms with Crippen molar-refractivity contribution in [1.29, 1.82) is 0 Å². The first kappa shape index (κ1) is 20.5. The Hall–Kier alpha value is -3.74. The van der Waals surface area contributed by atoms with Crippen LogP contribution < -0.4 is 5.56 Å². The average molecular weight is 443 g/mol. The van der Waals surface area contributed by atoms with E-state index in [1.165, 1.54) is 28.6 Å². The smallest absolute Gasteiger partial charge is 0.343 e. The number of carbonyl (C=O) groups excluding carboxylic acids is 2. The topological polar surface area (TPSA) is 146 Å². The quantitative estimate of drug-likeness (QED) is 0.337. The molecular weight excluding hydrogens is 426 g/mol. The van der Waals surface area contributed by atoms with Gasteiger partial charge in [0.1, 0.15) is 5.56 Å². The van der Waals surface area contributed by atoms with Crippen molar-refractivity contribution in [3.8, 4) is 5.95 Å². The van der Waals surface area contributed by atoms with E-state index in [-0.39, 0.29) is 28.6 Å². The number of fused-ring (bicyclic) bond motifs is 3. The number of pyridine rings is 1. The Morgan fingerprint density at radius 3 is 2.87 bits per heavy atom. The molecule has 0 aliphatic heterocycles. The lowest BCUT2D eigenvalue weighted by Gasteiger charge is -2.05. The summed E-state index contributed by atoms with van der Waals surface area (Å²) in [5.74, 6) is -0.689. The first-order chi connectivity index (χ1) is 14.9. The number of rotatable bonds is 6. The van der Waals surface area contributed by atoms with E-state index in [4.69, 9.17) is 9.47 Å². The number of nitrogens with one attached hydrogen (secondary N) is 1. The Bertz CT molecular complexity index is 1370. The van der Waals surface area contributed by atoms with Gasteiger partial charge in [-0.25, -0.2) is 19.4 Å². The van der Waals surface area contributed by atoms with Gasteiger partial charge >= 0.3 is 11.9 Å². The van der Waals surface area contributed by atoms with E-state index in [0.29, 0.717) is 28.6 Å². The number of nitrogens with zero attached hydrogens (tertiary/aromatic N) is 6. The van der Waals surface area contributed by atoms with Crippen LogP contribution in [0.25, 0.3) is 22.5 Å². The molecule has 13 heteroatoms. The molecule has 0 spiro atoms. The summed E-state index contributed by atoms with van der Waals surface area (Å²) in [4.78, 5) is 45.1. The van der Waals surface area contributed by atoms with Gasteiger partial charge in [-0.1, -0.05) is 11.8 Å². The molecule has 0 amide bonds. The highest BCUT2D eigenvalue weighted by molar-refractivity contribution is 7.99. The van der Waals surface area contributed by atoms with Crippen LogP contribution in [0.5, 0.6) is 0 Å². The van der Waals surface area contributed by atoms with Crippen LogP contribution in [0.3, 0.4) is 0 Å². The van der Waals surface area contributed by atoms with E-state index in [2.05, 4.69) is 25.3 Å². The van der Waals surface area contributed by atoms with Crippen molar-refractivity contribution in [1.82, 2.24) is 34.3 Å². The van der Waals surface area contributed by atoms with Gasteiger partial charge in [0.25, 0.3) is 5.56 Å². The maximum Gasteiger partial charge on any atom is 0.343 e. The molecule has 0 unspecified atom stereocenters. The van der Waals surface area contributed by atoms with E-state index < -0.39 is 11.5 Å². The van der Waals surface area contributed by atoms with Gasteiger partial charge in [-0.3, -0.25) is 14.2 Å². The molecule has 1 N–H and O–H groups in total. The monoisotopic (exact) mass is 443 g/mol. The normalized spacial score (nSPS) is 11.2. The van der Waals surface area contributed by atoms with Gasteiger partial charge in [0.2, 0.25) is 11.1 Å². The van der Waals surface area contributed by atoms with Crippen molar-refractivity contribution < 1.29 is 19.1 Å². The highest BCUT2D eigenvalue weighted by Gasteiger charge is 2.21. The molecule has 0 saturated carbocycles. The fourth-order valence-corrected chi connectivity index (χ4v) is 3.61. The molecule has 12 nitrogen and oxygen atoms in total. The summed E-state index contributed by atoms with van der Waals surface area (Å²) in [5, 5.41) is 11.6. The number of aryl methyl sites for hydroxylation is 1. The molecule has 0 bridgehead atoms. The second kappa shape index (κ2) is 8.18. The first-order valence-corrected chi connectivity index (χ1v) is 10.1. The third-order valence-corrected chi connectivity index (χ3v) is 5.20. The lowest BCUT2D eigenvalue weighted by Crippen LogP contribution is -2.20. The maximum absolute atomic E-state index is 13.0. The number of carbonyl (C=O) groups is 2. The minimum atomic E-state index is -0.554. The fourth-order valence-electron chi connectivity index (χ4n) is 3.02. The predicted molar refractivity (Wildman–Crippen MR) is 109 cm³/mol. The predicted octanol–water partition coefficient (Wildman–Crippen LogP) is 0.902. The molecule has 4 rings (SSSR count). The molecule has 0 aromatic carbocycles. The van der Waals surface area contributed by atoms with Gasteiger partial charge in [0.05, 0.1) is 36.1 Å². The lowest BCUT2D eigenvalue weighted by atomic mass is 10.2. The van der Waals surface area contributed by atoms with Crippen molar-refractivity contribution in [2.24, 2.45) is 0 Å². The molecular formula is C18H17N7O5S. The standard InChI is InChI=1S/C18H17N7O5S/c1-4-30-12(26)8-31-18-20-17(21-22-18)24-6-5-11-10(15(24)27)7-19-14-13(16(28)29-3)9(2)23-25(11)14/h5-7H,4,8H2,1-3H3,(H,20,21,22). The van der Waals surface area contributed by atoms with Crippen LogP contribution in [0.4, 0.5) is 0 Å². The molecule has 0 fully saturated rings. The van der Waals surface area contributed by atoms with Crippen molar-refractivity contribution in [2.45, 2.75) is 19.0 Å². The Labute approximate surface area is 178 Å². The van der Waals surface area contributed by atoms with Crippen molar-refractivity contribution in [3.05, 3.63) is 40.1 Å². The third-order valence-electron chi connectivity index (χ3n) is 4.38. The van der Waals surface area contributed by atoms with Crippen LogP contribution in [0.15, 0.2) is 28.4 Å². The summed E-state index contributed by atoms with van der Waals surface area (Å²) in [7, 11) is 1.28. The van der Waals surface area contributed by atoms with Gasteiger partial charge < -0.3 is 9.47 Å². The summed E-state index contributed by atoms with van der Waals surface area (Å²) in [6.45, 7) is 3.68. The number of methoxy groups -OCH3 is 1. The Morgan fingerprint density at radius 1 is 1.32 bits per heavy atom. The molecule has 4 aromatic rings. The molecule has 0 radical (unpaired) electrons. The zero-order valence-corrected chi connectivity index (χ0v) is 17.6. The zero-order chi connectivity index (χ0) is 22.1. The number of aromatic nitrogens is 7. The van der Waals surface area contributed by atoms with E-state index in [1.54, 1.807) is 19.9 Å². The van der Waals surface area contributed by atoms with Crippen LogP contribution in [0.1, 0.15) is 23.0 Å². The average Bonchev–Trinajstić information content (AvgIpc) is 3.36. The van der Waals surface area contributed by atoms with Gasteiger partial charge in [0.15, 0.2) is 5.65 Å². The maximum atomic E-state index is 13.0. The van der Waals surface area contributed by atoms with Crippen molar-refractivity contribution >= 4 is 40.3 Å². The number of H-pyrrole nitrogens is 1. The van der Waals surface area contributed by atoms with Crippen LogP contribution >= 0.6 is 11.8 Å². The highest BCUT2D eigenvalue weighted by atomic mass is 32.2. The zero-order valence-electron chi connectivity index (χ0n) is 16.8. The summed E-state index contributed by atoms with van der Waals surface area (Å²) in [6, 6.07) is 1.66. The third kappa shape index (κ3) is 3.63. The Kier molecular flexibility index (Phi) is 5.42. The molecule has 0 saturated heterocycles. The molecule has 0 aliphatic carbocycles. The largest absolute Gasteiger partial charge is 0.465 e. The molecule has 0 atom stereocenters. The van der Waals surface area contributed by atoms with Crippen LogP contribution in [-0.4, -0.2) is 65.8 Å². The number of aromatic amines is 1. The molecule has 4 aromatic heterocycles. The van der Waals surface area contributed by atoms with E-state index in [1.807, 2.05) is 0 Å². The molecule has 4 heterocycles. The Balaban J connectivity index is 1.72. The summed E-state index contributed by atoms with van der Waals surface area (Å²) < 4.78 is 12.4. The van der Waals surface area contributed by atoms with Crippen LogP contribution in [-0.2, 0) is 14.3 Å². The number of hydrogen-bond donors (Lipinski definition) is 1.